The van der Waals surface area contributed by atoms with Gasteiger partial charge in [-0.25, -0.2) is 0 Å². The highest BCUT2D eigenvalue weighted by Crippen LogP contribution is 2.37. The lowest BCUT2D eigenvalue weighted by Gasteiger charge is -2.33. The van der Waals surface area contributed by atoms with Crippen molar-refractivity contribution in [1.82, 2.24) is 0 Å². The van der Waals surface area contributed by atoms with Gasteiger partial charge in [0, 0.05) is 13.5 Å². The molecule has 1 fully saturated rings. The predicted octanol–water partition coefficient (Wildman–Crippen LogP) is 4.13. The number of rotatable bonds is 14. The minimum absolute atomic E-state index is 0.294. The first-order chi connectivity index (χ1) is 12.3. The third kappa shape index (κ3) is 6.83. The predicted molar refractivity (Wildman–Crippen MR) is 95.2 cm³/mol. The molecule has 1 aliphatic carbocycles. The highest BCUT2D eigenvalue weighted by atomic mass is 16.6. The Labute approximate surface area is 151 Å². The van der Waals surface area contributed by atoms with Crippen molar-refractivity contribution in [3.8, 4) is 0 Å². The van der Waals surface area contributed by atoms with E-state index in [-0.39, 0.29) is 6.10 Å². The maximum Gasteiger partial charge on any atom is 0.293 e. The maximum atomic E-state index is 10.4. The Morgan fingerprint density at radius 3 is 2.72 bits per heavy atom. The average Bonchev–Trinajstić information content (AvgIpc) is 3.00. The first kappa shape index (κ1) is 20.0. The highest BCUT2D eigenvalue weighted by molar-refractivity contribution is 5.37. The van der Waals surface area contributed by atoms with Gasteiger partial charge in [-0.15, -0.1) is 0 Å². The molecular weight excluding hydrogens is 320 g/mol. The molecule has 1 aromatic rings. The van der Waals surface area contributed by atoms with Crippen LogP contribution in [0.4, 0.5) is 0 Å². The molecule has 2 rings (SSSR count). The standard InChI is InChI=1S/C20H32O5/c1-3-16(17-7-4-8-17)6-5-9-18-10-11-19(25-18)13-23-14-20(12-22-2)24-15-21/h10-11,15-17,20H,3-9,12-14H2,1-2H3. The summed E-state index contributed by atoms with van der Waals surface area (Å²) in [4.78, 5) is 10.4. The summed E-state index contributed by atoms with van der Waals surface area (Å²) in [5, 5.41) is 0. The van der Waals surface area contributed by atoms with E-state index in [0.717, 1.165) is 29.8 Å². The van der Waals surface area contributed by atoms with E-state index < -0.39 is 0 Å². The van der Waals surface area contributed by atoms with Crippen LogP contribution in [0.25, 0.3) is 0 Å². The van der Waals surface area contributed by atoms with Gasteiger partial charge in [0.05, 0.1) is 13.2 Å². The zero-order valence-electron chi connectivity index (χ0n) is 15.6. The molecule has 0 radical (unpaired) electrons. The second kappa shape index (κ2) is 11.3. The van der Waals surface area contributed by atoms with E-state index in [1.54, 1.807) is 7.11 Å². The first-order valence-corrected chi connectivity index (χ1v) is 9.50. The summed E-state index contributed by atoms with van der Waals surface area (Å²) in [5.41, 5.74) is 0. The fourth-order valence-electron chi connectivity index (χ4n) is 3.54. The third-order valence-corrected chi connectivity index (χ3v) is 5.20. The van der Waals surface area contributed by atoms with Crippen LogP contribution in [0.2, 0.25) is 0 Å². The van der Waals surface area contributed by atoms with Crippen molar-refractivity contribution in [3.63, 3.8) is 0 Å². The van der Waals surface area contributed by atoms with Gasteiger partial charge in [0.2, 0.25) is 0 Å². The Morgan fingerprint density at radius 2 is 2.08 bits per heavy atom. The van der Waals surface area contributed by atoms with Gasteiger partial charge in [0.25, 0.3) is 6.47 Å². The van der Waals surface area contributed by atoms with Crippen LogP contribution in [0.15, 0.2) is 16.5 Å². The van der Waals surface area contributed by atoms with E-state index in [1.807, 2.05) is 12.1 Å². The molecule has 142 valence electrons. The molecule has 0 saturated heterocycles. The van der Waals surface area contributed by atoms with Crippen molar-refractivity contribution >= 4 is 6.47 Å². The van der Waals surface area contributed by atoms with E-state index in [4.69, 9.17) is 18.6 Å². The number of carbonyl (C=O) groups excluding carboxylic acids is 1. The summed E-state index contributed by atoms with van der Waals surface area (Å²) < 4.78 is 21.3. The molecule has 2 unspecified atom stereocenters. The molecular formula is C20H32O5. The Balaban J connectivity index is 1.64. The lowest BCUT2D eigenvalue weighted by Crippen LogP contribution is -2.24. The van der Waals surface area contributed by atoms with Crippen LogP contribution in [0, 0.1) is 11.8 Å². The fraction of sp³-hybridized carbons (Fsp3) is 0.750. The number of furan rings is 1. The Morgan fingerprint density at radius 1 is 1.28 bits per heavy atom. The van der Waals surface area contributed by atoms with Crippen LogP contribution in [0.1, 0.15) is 57.0 Å². The summed E-state index contributed by atoms with van der Waals surface area (Å²) in [6.07, 6.45) is 8.68. The van der Waals surface area contributed by atoms with Crippen molar-refractivity contribution < 1.29 is 23.4 Å². The lowest BCUT2D eigenvalue weighted by molar-refractivity contribution is -0.140. The monoisotopic (exact) mass is 352 g/mol. The maximum absolute atomic E-state index is 10.4. The molecule has 0 bridgehead atoms. The van der Waals surface area contributed by atoms with Crippen LogP contribution in [0.3, 0.4) is 0 Å². The van der Waals surface area contributed by atoms with Crippen molar-refractivity contribution in [2.45, 2.75) is 64.6 Å². The van der Waals surface area contributed by atoms with Crippen LogP contribution in [0.5, 0.6) is 0 Å². The number of carbonyl (C=O) groups is 1. The zero-order chi connectivity index (χ0) is 17.9. The van der Waals surface area contributed by atoms with Crippen molar-refractivity contribution in [2.75, 3.05) is 20.3 Å². The molecule has 0 N–H and O–H groups in total. The molecule has 1 aromatic heterocycles. The molecule has 2 atom stereocenters. The van der Waals surface area contributed by atoms with Crippen LogP contribution in [-0.2, 0) is 32.0 Å². The van der Waals surface area contributed by atoms with Gasteiger partial charge in [-0.3, -0.25) is 4.79 Å². The van der Waals surface area contributed by atoms with Gasteiger partial charge in [-0.2, -0.15) is 0 Å². The highest BCUT2D eigenvalue weighted by Gasteiger charge is 2.25. The van der Waals surface area contributed by atoms with Crippen LogP contribution >= 0.6 is 0 Å². The van der Waals surface area contributed by atoms with Crippen molar-refractivity contribution in [1.29, 1.82) is 0 Å². The minimum atomic E-state index is -0.380. The Hall–Kier alpha value is -1.33. The Kier molecular flexibility index (Phi) is 9.05. The molecule has 5 nitrogen and oxygen atoms in total. The number of ether oxygens (including phenoxy) is 3. The summed E-state index contributed by atoms with van der Waals surface area (Å²) in [6, 6.07) is 4.00. The van der Waals surface area contributed by atoms with Gasteiger partial charge < -0.3 is 18.6 Å². The first-order valence-electron chi connectivity index (χ1n) is 9.50. The van der Waals surface area contributed by atoms with Gasteiger partial charge in [0.1, 0.15) is 24.2 Å². The van der Waals surface area contributed by atoms with Crippen LogP contribution < -0.4 is 0 Å². The summed E-state index contributed by atoms with van der Waals surface area (Å²) >= 11 is 0. The lowest BCUT2D eigenvalue weighted by atomic mass is 9.73. The quantitative estimate of drug-likeness (QED) is 0.471. The Bertz CT molecular complexity index is 480. The van der Waals surface area contributed by atoms with E-state index in [9.17, 15) is 4.79 Å². The molecule has 0 aliphatic heterocycles. The average molecular weight is 352 g/mol. The summed E-state index contributed by atoms with van der Waals surface area (Å²) in [5.74, 6) is 3.70. The number of methoxy groups -OCH3 is 1. The molecule has 1 aliphatic rings. The second-order valence-corrected chi connectivity index (χ2v) is 6.94. The molecule has 0 aromatic carbocycles. The van der Waals surface area contributed by atoms with Crippen molar-refractivity contribution in [3.05, 3.63) is 23.7 Å². The molecule has 0 spiro atoms. The largest absolute Gasteiger partial charge is 0.464 e. The van der Waals surface area contributed by atoms with E-state index in [2.05, 4.69) is 6.92 Å². The summed E-state index contributed by atoms with van der Waals surface area (Å²) in [6.45, 7) is 3.73. The number of aryl methyl sites for hydroxylation is 1. The topological polar surface area (TPSA) is 57.9 Å². The molecule has 5 heteroatoms. The third-order valence-electron chi connectivity index (χ3n) is 5.20. The van der Waals surface area contributed by atoms with Crippen molar-refractivity contribution in [2.24, 2.45) is 11.8 Å². The van der Waals surface area contributed by atoms with E-state index in [1.165, 1.54) is 38.5 Å². The van der Waals surface area contributed by atoms with Crippen LogP contribution in [-0.4, -0.2) is 32.9 Å². The molecule has 0 amide bonds. The molecule has 25 heavy (non-hydrogen) atoms. The van der Waals surface area contributed by atoms with Gasteiger partial charge >= 0.3 is 0 Å². The zero-order valence-corrected chi connectivity index (χ0v) is 15.6. The SMILES string of the molecule is CCC(CCCc1ccc(COCC(COC)OC=O)o1)C1CCC1. The van der Waals surface area contributed by atoms with E-state index in [0.29, 0.717) is 26.3 Å². The number of hydrogen-bond acceptors (Lipinski definition) is 5. The summed E-state index contributed by atoms with van der Waals surface area (Å²) in [7, 11) is 1.56. The molecule has 1 heterocycles. The molecule has 1 saturated carbocycles. The smallest absolute Gasteiger partial charge is 0.293 e. The van der Waals surface area contributed by atoms with Gasteiger partial charge in [-0.05, 0) is 36.8 Å². The van der Waals surface area contributed by atoms with Gasteiger partial charge in [-0.1, -0.05) is 32.6 Å². The normalized spacial score (nSPS) is 17.0. The van der Waals surface area contributed by atoms with Gasteiger partial charge in [0.15, 0.2) is 0 Å². The van der Waals surface area contributed by atoms with E-state index >= 15 is 0 Å². The minimum Gasteiger partial charge on any atom is -0.464 e. The fourth-order valence-corrected chi connectivity index (χ4v) is 3.54. The number of hydrogen-bond donors (Lipinski definition) is 0. The second-order valence-electron chi connectivity index (χ2n) is 6.94.